The first-order chi connectivity index (χ1) is 5.79. The molecular weight excluding hydrogens is 236 g/mol. The van der Waals surface area contributed by atoms with E-state index in [-0.39, 0.29) is 0 Å². The highest BCUT2D eigenvalue weighted by atomic mass is 79.9. The maximum atomic E-state index is 4.20. The van der Waals surface area contributed by atoms with Gasteiger partial charge < -0.3 is 0 Å². The number of aryl methyl sites for hydroxylation is 1. The Kier molecular flexibility index (Phi) is 2.02. The molecule has 12 heavy (non-hydrogen) atoms. The number of hydrogen-bond acceptors (Lipinski definition) is 2. The molecule has 0 aliphatic heterocycles. The first kappa shape index (κ1) is 8.01. The molecule has 0 aliphatic carbocycles. The second kappa shape index (κ2) is 3.03. The van der Waals surface area contributed by atoms with Crippen LogP contribution in [-0.4, -0.2) is 10.2 Å². The van der Waals surface area contributed by atoms with E-state index >= 15 is 0 Å². The number of aromatic amines is 1. The molecule has 2 heterocycles. The monoisotopic (exact) mass is 242 g/mol. The Morgan fingerprint density at radius 3 is 2.92 bits per heavy atom. The lowest BCUT2D eigenvalue weighted by molar-refractivity contribution is 1.05. The molecule has 0 radical (unpaired) electrons. The molecule has 4 heteroatoms. The number of halogens is 1. The van der Waals surface area contributed by atoms with E-state index in [9.17, 15) is 0 Å². The van der Waals surface area contributed by atoms with Crippen molar-refractivity contribution in [3.05, 3.63) is 27.7 Å². The highest BCUT2D eigenvalue weighted by molar-refractivity contribution is 9.10. The minimum absolute atomic E-state index is 1.00. The van der Waals surface area contributed by atoms with Gasteiger partial charge in [0.1, 0.15) is 5.69 Å². The van der Waals surface area contributed by atoms with Gasteiger partial charge in [0, 0.05) is 5.69 Å². The summed E-state index contributed by atoms with van der Waals surface area (Å²) in [5.41, 5.74) is 2.07. The predicted molar refractivity (Wildman–Crippen MR) is 54.3 cm³/mol. The number of hydrogen-bond donors (Lipinski definition) is 1. The Morgan fingerprint density at radius 1 is 1.58 bits per heavy atom. The molecule has 0 unspecified atom stereocenters. The van der Waals surface area contributed by atoms with Crippen molar-refractivity contribution in [3.8, 4) is 10.6 Å². The number of nitrogens with one attached hydrogen (secondary N) is 1. The van der Waals surface area contributed by atoms with Crippen LogP contribution in [0.5, 0.6) is 0 Å². The summed E-state index contributed by atoms with van der Waals surface area (Å²) in [5.74, 6) is 0. The molecule has 0 saturated heterocycles. The molecule has 0 aromatic carbocycles. The molecule has 0 atom stereocenters. The predicted octanol–water partition coefficient (Wildman–Crippen LogP) is 3.21. The maximum absolute atomic E-state index is 4.20. The molecule has 0 amide bonds. The fraction of sp³-hybridized carbons (Fsp3) is 0.125. The zero-order valence-electron chi connectivity index (χ0n) is 6.47. The lowest BCUT2D eigenvalue weighted by Crippen LogP contribution is -1.71. The van der Waals surface area contributed by atoms with E-state index in [1.165, 1.54) is 4.88 Å². The van der Waals surface area contributed by atoms with Crippen LogP contribution < -0.4 is 0 Å². The van der Waals surface area contributed by atoms with Crippen molar-refractivity contribution in [2.45, 2.75) is 6.92 Å². The van der Waals surface area contributed by atoms with Gasteiger partial charge in [-0.2, -0.15) is 5.10 Å². The smallest absolute Gasteiger partial charge is 0.116 e. The number of rotatable bonds is 1. The van der Waals surface area contributed by atoms with Crippen molar-refractivity contribution >= 4 is 27.3 Å². The number of nitrogens with zero attached hydrogens (tertiary/aromatic N) is 1. The summed E-state index contributed by atoms with van der Waals surface area (Å²) in [6.45, 7) is 1.99. The van der Waals surface area contributed by atoms with E-state index in [4.69, 9.17) is 0 Å². The fourth-order valence-electron chi connectivity index (χ4n) is 0.992. The van der Waals surface area contributed by atoms with E-state index in [1.807, 2.05) is 18.4 Å². The van der Waals surface area contributed by atoms with E-state index < -0.39 is 0 Å². The summed E-state index contributed by atoms with van der Waals surface area (Å²) < 4.78 is 1.06. The van der Waals surface area contributed by atoms with Gasteiger partial charge in [-0.15, -0.1) is 11.3 Å². The van der Waals surface area contributed by atoms with Crippen molar-refractivity contribution in [1.82, 2.24) is 10.2 Å². The number of thiophene rings is 1. The molecular formula is C8H7BrN2S. The van der Waals surface area contributed by atoms with Gasteiger partial charge >= 0.3 is 0 Å². The van der Waals surface area contributed by atoms with Crippen LogP contribution in [0.2, 0.25) is 0 Å². The highest BCUT2D eigenvalue weighted by Crippen LogP contribution is 2.31. The van der Waals surface area contributed by atoms with Crippen LogP contribution >= 0.6 is 27.3 Å². The summed E-state index contributed by atoms with van der Waals surface area (Å²) >= 11 is 5.18. The Labute approximate surface area is 82.8 Å². The first-order valence-corrected chi connectivity index (χ1v) is 5.20. The van der Waals surface area contributed by atoms with Gasteiger partial charge in [0.25, 0.3) is 0 Å². The van der Waals surface area contributed by atoms with Crippen LogP contribution in [0.1, 0.15) is 5.69 Å². The third kappa shape index (κ3) is 1.21. The second-order valence-corrected chi connectivity index (χ2v) is 4.23. The van der Waals surface area contributed by atoms with Gasteiger partial charge in [-0.25, -0.2) is 0 Å². The lowest BCUT2D eigenvalue weighted by atomic mass is 10.3. The van der Waals surface area contributed by atoms with Crippen molar-refractivity contribution < 1.29 is 0 Å². The van der Waals surface area contributed by atoms with Gasteiger partial charge in [0.15, 0.2) is 0 Å². The lowest BCUT2D eigenvalue weighted by Gasteiger charge is -1.89. The molecule has 2 nitrogen and oxygen atoms in total. The number of aromatic nitrogens is 2. The summed E-state index contributed by atoms with van der Waals surface area (Å²) in [4.78, 5) is 1.19. The van der Waals surface area contributed by atoms with Gasteiger partial charge in [-0.05, 0) is 34.3 Å². The maximum Gasteiger partial charge on any atom is 0.116 e. The van der Waals surface area contributed by atoms with Crippen LogP contribution in [0, 0.1) is 6.92 Å². The van der Waals surface area contributed by atoms with Crippen LogP contribution in [0.4, 0.5) is 0 Å². The highest BCUT2D eigenvalue weighted by Gasteiger charge is 2.09. The van der Waals surface area contributed by atoms with Crippen LogP contribution in [0.25, 0.3) is 10.6 Å². The van der Waals surface area contributed by atoms with Gasteiger partial charge in [0.2, 0.25) is 0 Å². The van der Waals surface area contributed by atoms with Gasteiger partial charge in [-0.1, -0.05) is 6.07 Å². The third-order valence-electron chi connectivity index (χ3n) is 1.63. The summed E-state index contributed by atoms with van der Waals surface area (Å²) in [7, 11) is 0. The van der Waals surface area contributed by atoms with Crippen LogP contribution in [0.3, 0.4) is 0 Å². The van der Waals surface area contributed by atoms with E-state index in [0.717, 1.165) is 15.9 Å². The average molecular weight is 243 g/mol. The molecule has 2 aromatic rings. The van der Waals surface area contributed by atoms with Crippen molar-refractivity contribution in [2.75, 3.05) is 0 Å². The summed E-state index contributed by atoms with van der Waals surface area (Å²) in [5, 5.41) is 9.18. The molecule has 0 aliphatic rings. The van der Waals surface area contributed by atoms with E-state index in [1.54, 1.807) is 11.3 Å². The van der Waals surface area contributed by atoms with Crippen molar-refractivity contribution in [2.24, 2.45) is 0 Å². The van der Waals surface area contributed by atoms with E-state index in [0.29, 0.717) is 0 Å². The van der Waals surface area contributed by atoms with Crippen LogP contribution in [0.15, 0.2) is 22.0 Å². The average Bonchev–Trinajstić information content (AvgIpc) is 2.64. The van der Waals surface area contributed by atoms with Crippen molar-refractivity contribution in [1.29, 1.82) is 0 Å². The molecule has 2 aromatic heterocycles. The molecule has 0 saturated carbocycles. The molecule has 1 N–H and O–H groups in total. The van der Waals surface area contributed by atoms with Crippen molar-refractivity contribution in [3.63, 3.8) is 0 Å². The minimum Gasteiger partial charge on any atom is -0.281 e. The Morgan fingerprint density at radius 2 is 2.42 bits per heavy atom. The zero-order valence-corrected chi connectivity index (χ0v) is 8.87. The van der Waals surface area contributed by atoms with E-state index in [2.05, 4.69) is 32.2 Å². The summed E-state index contributed by atoms with van der Waals surface area (Å²) in [6.07, 6.45) is 0. The van der Waals surface area contributed by atoms with Crippen LogP contribution in [-0.2, 0) is 0 Å². The molecule has 0 bridgehead atoms. The standard InChI is InChI=1S/C8H7BrN2S/c1-5-7(9)8(11-10-5)6-3-2-4-12-6/h2-4H,1H3,(H,10,11). The SMILES string of the molecule is Cc1[nH]nc(-c2cccs2)c1Br. The number of H-pyrrole nitrogens is 1. The zero-order chi connectivity index (χ0) is 8.55. The Hall–Kier alpha value is -0.610. The summed E-state index contributed by atoms with van der Waals surface area (Å²) in [6, 6.07) is 4.08. The molecule has 0 spiro atoms. The Balaban J connectivity index is 2.55. The molecule has 0 fully saturated rings. The van der Waals surface area contributed by atoms with Gasteiger partial charge in [0.05, 0.1) is 9.35 Å². The molecule has 62 valence electrons. The third-order valence-corrected chi connectivity index (χ3v) is 3.47. The normalized spacial score (nSPS) is 10.5. The largest absolute Gasteiger partial charge is 0.281 e. The minimum atomic E-state index is 1.00. The first-order valence-electron chi connectivity index (χ1n) is 3.53. The fourth-order valence-corrected chi connectivity index (χ4v) is 2.23. The quantitative estimate of drug-likeness (QED) is 0.818. The molecule has 2 rings (SSSR count). The second-order valence-electron chi connectivity index (χ2n) is 2.49. The Bertz CT molecular complexity index is 378. The van der Waals surface area contributed by atoms with Gasteiger partial charge in [-0.3, -0.25) is 5.10 Å². The topological polar surface area (TPSA) is 28.7 Å².